The van der Waals surface area contributed by atoms with Crippen molar-refractivity contribution in [1.82, 2.24) is 4.90 Å². The van der Waals surface area contributed by atoms with E-state index in [1.807, 2.05) is 44.2 Å². The molecule has 0 aromatic heterocycles. The number of likely N-dealkylation sites (tertiary alicyclic amines) is 1. The van der Waals surface area contributed by atoms with Crippen molar-refractivity contribution >= 4 is 12.1 Å². The molecule has 2 fully saturated rings. The average Bonchev–Trinajstić information content (AvgIpc) is 3.11. The van der Waals surface area contributed by atoms with E-state index in [0.717, 1.165) is 5.56 Å². The maximum Gasteiger partial charge on any atom is 0.410 e. The Bertz CT molecular complexity index is 702. The van der Waals surface area contributed by atoms with Gasteiger partial charge in [-0.05, 0) is 26.3 Å². The smallest absolute Gasteiger partial charge is 0.410 e. The molecule has 2 aliphatic heterocycles. The zero-order chi connectivity index (χ0) is 19.4. The van der Waals surface area contributed by atoms with Crippen LogP contribution in [0, 0.1) is 0 Å². The molecular formula is C20H25NO6. The number of amides is 1. The van der Waals surface area contributed by atoms with E-state index in [4.69, 9.17) is 18.9 Å². The van der Waals surface area contributed by atoms with Crippen LogP contribution >= 0.6 is 0 Å². The standard InChI is InChI=1S/C20H25NO6/c1-4-24-17(22)11-10-15-18-16(26-20(2,3)27-18)12-21(15)19(23)25-13-14-8-6-5-7-9-14/h5-11,15-16,18H,4,12-13H2,1-3H3/b11-10+/t15-,16+,18-/m1/s1. The van der Waals surface area contributed by atoms with Crippen molar-refractivity contribution in [2.45, 2.75) is 51.4 Å². The molecule has 0 unspecified atom stereocenters. The van der Waals surface area contributed by atoms with Gasteiger partial charge in [-0.15, -0.1) is 0 Å². The summed E-state index contributed by atoms with van der Waals surface area (Å²) in [7, 11) is 0. The summed E-state index contributed by atoms with van der Waals surface area (Å²) in [5, 5.41) is 0. The lowest BCUT2D eigenvalue weighted by Gasteiger charge is -2.27. The van der Waals surface area contributed by atoms with E-state index in [2.05, 4.69) is 0 Å². The van der Waals surface area contributed by atoms with E-state index in [0.29, 0.717) is 6.54 Å². The van der Waals surface area contributed by atoms with Crippen molar-refractivity contribution in [2.75, 3.05) is 13.2 Å². The molecule has 1 aromatic rings. The molecule has 0 bridgehead atoms. The number of rotatable bonds is 5. The maximum atomic E-state index is 12.6. The van der Waals surface area contributed by atoms with E-state index in [1.165, 1.54) is 11.0 Å². The molecule has 27 heavy (non-hydrogen) atoms. The first-order valence-electron chi connectivity index (χ1n) is 9.07. The van der Waals surface area contributed by atoms with Crippen molar-refractivity contribution in [3.05, 3.63) is 48.0 Å². The normalized spacial score (nSPS) is 26.2. The van der Waals surface area contributed by atoms with E-state index >= 15 is 0 Å². The first-order chi connectivity index (χ1) is 12.9. The van der Waals surface area contributed by atoms with Gasteiger partial charge in [0.2, 0.25) is 0 Å². The Morgan fingerprint density at radius 2 is 1.96 bits per heavy atom. The second kappa shape index (κ2) is 8.10. The van der Waals surface area contributed by atoms with Crippen LogP contribution in [0.25, 0.3) is 0 Å². The molecule has 7 heteroatoms. The Balaban J connectivity index is 1.70. The number of carbonyl (C=O) groups is 2. The van der Waals surface area contributed by atoms with Gasteiger partial charge < -0.3 is 18.9 Å². The van der Waals surface area contributed by atoms with Gasteiger partial charge in [-0.25, -0.2) is 9.59 Å². The monoisotopic (exact) mass is 375 g/mol. The highest BCUT2D eigenvalue weighted by Crippen LogP contribution is 2.37. The molecule has 3 rings (SSSR count). The second-order valence-corrected chi connectivity index (χ2v) is 6.93. The summed E-state index contributed by atoms with van der Waals surface area (Å²) >= 11 is 0. The van der Waals surface area contributed by atoms with Crippen molar-refractivity contribution in [3.8, 4) is 0 Å². The SMILES string of the molecule is CCOC(=O)/C=C/[C@@H]1[C@H]2OC(C)(C)O[C@H]2CN1C(=O)OCc1ccccc1. The van der Waals surface area contributed by atoms with Crippen molar-refractivity contribution in [2.24, 2.45) is 0 Å². The number of ether oxygens (including phenoxy) is 4. The number of esters is 1. The molecule has 3 atom stereocenters. The van der Waals surface area contributed by atoms with Crippen molar-refractivity contribution in [1.29, 1.82) is 0 Å². The van der Waals surface area contributed by atoms with E-state index in [1.54, 1.807) is 13.0 Å². The highest BCUT2D eigenvalue weighted by molar-refractivity contribution is 5.82. The van der Waals surface area contributed by atoms with Crippen molar-refractivity contribution < 1.29 is 28.5 Å². The summed E-state index contributed by atoms with van der Waals surface area (Å²) in [4.78, 5) is 25.9. The first kappa shape index (κ1) is 19.4. The van der Waals surface area contributed by atoms with Gasteiger partial charge in [0, 0.05) is 6.08 Å². The molecule has 2 aliphatic rings. The summed E-state index contributed by atoms with van der Waals surface area (Å²) in [6.07, 6.45) is 1.83. The number of benzene rings is 1. The van der Waals surface area contributed by atoms with Gasteiger partial charge in [-0.2, -0.15) is 0 Å². The number of hydrogen-bond acceptors (Lipinski definition) is 6. The molecule has 0 radical (unpaired) electrons. The Hall–Kier alpha value is -2.38. The van der Waals surface area contributed by atoms with Crippen LogP contribution in [-0.4, -0.2) is 54.2 Å². The fraction of sp³-hybridized carbons (Fsp3) is 0.500. The highest BCUT2D eigenvalue weighted by Gasteiger charge is 2.53. The van der Waals surface area contributed by atoms with Gasteiger partial charge >= 0.3 is 12.1 Å². The third kappa shape index (κ3) is 4.67. The van der Waals surface area contributed by atoms with Crippen LogP contribution in [0.3, 0.4) is 0 Å². The number of carbonyl (C=O) groups excluding carboxylic acids is 2. The van der Waals surface area contributed by atoms with E-state index < -0.39 is 23.9 Å². The van der Waals surface area contributed by atoms with E-state index in [9.17, 15) is 9.59 Å². The molecule has 0 aliphatic carbocycles. The molecule has 0 spiro atoms. The van der Waals surface area contributed by atoms with Crippen LogP contribution in [-0.2, 0) is 30.3 Å². The zero-order valence-corrected chi connectivity index (χ0v) is 15.8. The predicted octanol–water partition coefficient (Wildman–Crippen LogP) is 2.65. The number of fused-ring (bicyclic) bond motifs is 1. The van der Waals surface area contributed by atoms with Gasteiger partial charge in [0.1, 0.15) is 18.8 Å². The minimum absolute atomic E-state index is 0.174. The third-order valence-corrected chi connectivity index (χ3v) is 4.45. The fourth-order valence-electron chi connectivity index (χ4n) is 3.37. The minimum atomic E-state index is -0.731. The Labute approximate surface area is 158 Å². The Kier molecular flexibility index (Phi) is 5.82. The maximum absolute atomic E-state index is 12.6. The zero-order valence-electron chi connectivity index (χ0n) is 15.8. The third-order valence-electron chi connectivity index (χ3n) is 4.45. The second-order valence-electron chi connectivity index (χ2n) is 6.93. The molecule has 2 heterocycles. The first-order valence-corrected chi connectivity index (χ1v) is 9.07. The summed E-state index contributed by atoms with van der Waals surface area (Å²) in [5.41, 5.74) is 0.900. The average molecular weight is 375 g/mol. The fourth-order valence-corrected chi connectivity index (χ4v) is 3.37. The minimum Gasteiger partial charge on any atom is -0.463 e. The molecular weight excluding hydrogens is 350 g/mol. The lowest BCUT2D eigenvalue weighted by Crippen LogP contribution is -2.41. The molecule has 7 nitrogen and oxygen atoms in total. The molecule has 146 valence electrons. The summed E-state index contributed by atoms with van der Waals surface area (Å²) in [5.74, 6) is -1.19. The lowest BCUT2D eigenvalue weighted by atomic mass is 10.1. The van der Waals surface area contributed by atoms with Crippen LogP contribution in [0.2, 0.25) is 0 Å². The molecule has 0 saturated carbocycles. The van der Waals surface area contributed by atoms with Crippen LogP contribution in [0.1, 0.15) is 26.3 Å². The summed E-state index contributed by atoms with van der Waals surface area (Å²) < 4.78 is 22.2. The van der Waals surface area contributed by atoms with Crippen LogP contribution in [0.5, 0.6) is 0 Å². The van der Waals surface area contributed by atoms with Gasteiger partial charge in [0.25, 0.3) is 0 Å². The topological polar surface area (TPSA) is 74.3 Å². The highest BCUT2D eigenvalue weighted by atomic mass is 16.8. The Morgan fingerprint density at radius 3 is 2.67 bits per heavy atom. The molecule has 1 amide bonds. The largest absolute Gasteiger partial charge is 0.463 e. The quantitative estimate of drug-likeness (QED) is 0.582. The number of nitrogens with zero attached hydrogens (tertiary/aromatic N) is 1. The van der Waals surface area contributed by atoms with E-state index in [-0.39, 0.29) is 25.4 Å². The molecule has 0 N–H and O–H groups in total. The van der Waals surface area contributed by atoms with Gasteiger partial charge in [0.05, 0.1) is 19.2 Å². The van der Waals surface area contributed by atoms with Crippen LogP contribution in [0.15, 0.2) is 42.5 Å². The Morgan fingerprint density at radius 1 is 1.22 bits per heavy atom. The van der Waals surface area contributed by atoms with Gasteiger partial charge in [-0.1, -0.05) is 36.4 Å². The predicted molar refractivity (Wildman–Crippen MR) is 96.7 cm³/mol. The summed E-state index contributed by atoms with van der Waals surface area (Å²) in [6.45, 7) is 6.19. The lowest BCUT2D eigenvalue weighted by molar-refractivity contribution is -0.157. The van der Waals surface area contributed by atoms with Crippen LogP contribution < -0.4 is 0 Å². The summed E-state index contributed by atoms with van der Waals surface area (Å²) in [6, 6.07) is 8.98. The molecule has 2 saturated heterocycles. The van der Waals surface area contributed by atoms with Gasteiger partial charge in [0.15, 0.2) is 5.79 Å². The van der Waals surface area contributed by atoms with Gasteiger partial charge in [-0.3, -0.25) is 4.90 Å². The molecule has 1 aromatic carbocycles. The van der Waals surface area contributed by atoms with Crippen LogP contribution in [0.4, 0.5) is 4.79 Å². The number of hydrogen-bond donors (Lipinski definition) is 0. The van der Waals surface area contributed by atoms with Crippen molar-refractivity contribution in [3.63, 3.8) is 0 Å².